The first kappa shape index (κ1) is 14.0. The van der Waals surface area contributed by atoms with E-state index in [1.54, 1.807) is 0 Å². The Kier molecular flexibility index (Phi) is 4.07. The number of nitrogens with one attached hydrogen (secondary N) is 1. The number of hydrogen-bond donors (Lipinski definition) is 1. The summed E-state index contributed by atoms with van der Waals surface area (Å²) in [5.74, 6) is 2.32. The number of sulfone groups is 1. The summed E-state index contributed by atoms with van der Waals surface area (Å²) in [5, 5.41) is 7.26. The second-order valence-corrected chi connectivity index (χ2v) is 8.09. The molecule has 1 N–H and O–H groups in total. The molecule has 0 bridgehead atoms. The molecule has 0 radical (unpaired) electrons. The molecule has 1 saturated carbocycles. The highest BCUT2D eigenvalue weighted by molar-refractivity contribution is 7.91. The van der Waals surface area contributed by atoms with Gasteiger partial charge in [0.25, 0.3) is 0 Å². The molecular weight excluding hydrogens is 278 g/mol. The zero-order chi connectivity index (χ0) is 14.0. The fraction of sp³-hybridized carbons (Fsp3) is 0.846. The Bertz CT molecular complexity index is 549. The van der Waals surface area contributed by atoms with Gasteiger partial charge in [0, 0.05) is 12.0 Å². The largest absolute Gasteiger partial charge is 0.338 e. The Hall–Kier alpha value is -0.950. The van der Waals surface area contributed by atoms with Crippen LogP contribution in [0.4, 0.5) is 0 Å². The van der Waals surface area contributed by atoms with Crippen molar-refractivity contribution in [3.05, 3.63) is 11.7 Å². The van der Waals surface area contributed by atoms with Gasteiger partial charge in [0.05, 0.1) is 18.1 Å². The monoisotopic (exact) mass is 299 g/mol. The molecule has 20 heavy (non-hydrogen) atoms. The maximum absolute atomic E-state index is 11.4. The molecule has 1 saturated heterocycles. The molecule has 2 fully saturated rings. The van der Waals surface area contributed by atoms with E-state index < -0.39 is 9.84 Å². The molecular formula is C13H21N3O3S. The maximum Gasteiger partial charge on any atom is 0.240 e. The van der Waals surface area contributed by atoms with Crippen LogP contribution >= 0.6 is 0 Å². The van der Waals surface area contributed by atoms with E-state index in [9.17, 15) is 8.42 Å². The van der Waals surface area contributed by atoms with Crippen molar-refractivity contribution in [2.24, 2.45) is 0 Å². The molecule has 1 aromatic rings. The topological polar surface area (TPSA) is 85.1 Å². The van der Waals surface area contributed by atoms with E-state index in [2.05, 4.69) is 15.5 Å². The molecule has 0 spiro atoms. The summed E-state index contributed by atoms with van der Waals surface area (Å²) in [7, 11) is -2.84. The van der Waals surface area contributed by atoms with Crippen LogP contribution in [0, 0.1) is 0 Å². The van der Waals surface area contributed by atoms with Crippen molar-refractivity contribution in [1.29, 1.82) is 0 Å². The lowest BCUT2D eigenvalue weighted by Crippen LogP contribution is -2.29. The van der Waals surface area contributed by atoms with Crippen molar-refractivity contribution in [2.45, 2.75) is 57.0 Å². The van der Waals surface area contributed by atoms with E-state index in [0.29, 0.717) is 24.8 Å². The van der Waals surface area contributed by atoms with Crippen molar-refractivity contribution in [2.75, 3.05) is 11.5 Å². The normalized spacial score (nSPS) is 26.9. The van der Waals surface area contributed by atoms with E-state index in [-0.39, 0.29) is 17.5 Å². The SMILES string of the molecule is O=S1(=O)CCC(NCc2nc(C3CCCCC3)no2)C1. The Morgan fingerprint density at radius 2 is 2.00 bits per heavy atom. The molecule has 0 amide bonds. The van der Waals surface area contributed by atoms with Crippen LogP contribution in [0.15, 0.2) is 4.52 Å². The summed E-state index contributed by atoms with van der Waals surface area (Å²) >= 11 is 0. The summed E-state index contributed by atoms with van der Waals surface area (Å²) < 4.78 is 28.0. The van der Waals surface area contributed by atoms with E-state index in [1.165, 1.54) is 19.3 Å². The fourth-order valence-corrected chi connectivity index (χ4v) is 4.76. The Morgan fingerprint density at radius 1 is 1.20 bits per heavy atom. The van der Waals surface area contributed by atoms with Crippen LogP contribution in [0.1, 0.15) is 56.2 Å². The minimum Gasteiger partial charge on any atom is -0.338 e. The average Bonchev–Trinajstić information content (AvgIpc) is 3.04. The lowest BCUT2D eigenvalue weighted by Gasteiger charge is -2.17. The second-order valence-electron chi connectivity index (χ2n) is 5.86. The Morgan fingerprint density at radius 3 is 2.70 bits per heavy atom. The second kappa shape index (κ2) is 5.81. The van der Waals surface area contributed by atoms with E-state index >= 15 is 0 Å². The molecule has 3 rings (SSSR count). The minimum atomic E-state index is -2.84. The third kappa shape index (κ3) is 3.38. The molecule has 2 aliphatic rings. The van der Waals surface area contributed by atoms with E-state index in [0.717, 1.165) is 18.7 Å². The molecule has 6 nitrogen and oxygen atoms in total. The van der Waals surface area contributed by atoms with Crippen LogP contribution in [0.5, 0.6) is 0 Å². The molecule has 1 aromatic heterocycles. The highest BCUT2D eigenvalue weighted by Crippen LogP contribution is 2.30. The highest BCUT2D eigenvalue weighted by atomic mass is 32.2. The third-order valence-electron chi connectivity index (χ3n) is 4.23. The van der Waals surface area contributed by atoms with Crippen molar-refractivity contribution in [3.63, 3.8) is 0 Å². The number of nitrogens with zero attached hydrogens (tertiary/aromatic N) is 2. The van der Waals surface area contributed by atoms with Gasteiger partial charge in [0.2, 0.25) is 5.89 Å². The molecule has 112 valence electrons. The lowest BCUT2D eigenvalue weighted by molar-refractivity contribution is 0.345. The highest BCUT2D eigenvalue weighted by Gasteiger charge is 2.28. The zero-order valence-electron chi connectivity index (χ0n) is 11.5. The number of rotatable bonds is 4. The summed E-state index contributed by atoms with van der Waals surface area (Å²) in [6.45, 7) is 0.458. The van der Waals surface area contributed by atoms with Crippen molar-refractivity contribution in [3.8, 4) is 0 Å². The van der Waals surface area contributed by atoms with E-state index in [1.807, 2.05) is 0 Å². The standard InChI is InChI=1S/C13H21N3O3S/c17-20(18)7-6-11(9-20)14-8-12-15-13(16-19-12)10-4-2-1-3-5-10/h10-11,14H,1-9H2. The smallest absolute Gasteiger partial charge is 0.240 e. The quantitative estimate of drug-likeness (QED) is 0.904. The lowest BCUT2D eigenvalue weighted by atomic mass is 9.89. The first-order valence-electron chi connectivity index (χ1n) is 7.39. The summed E-state index contributed by atoms with van der Waals surface area (Å²) in [6, 6.07) is 0.0185. The van der Waals surface area contributed by atoms with Crippen LogP contribution in [0.3, 0.4) is 0 Å². The first-order valence-corrected chi connectivity index (χ1v) is 9.21. The molecule has 1 aliphatic heterocycles. The molecule has 1 atom stereocenters. The molecule has 7 heteroatoms. The van der Waals surface area contributed by atoms with Gasteiger partial charge in [-0.3, -0.25) is 0 Å². The zero-order valence-corrected chi connectivity index (χ0v) is 12.4. The number of aromatic nitrogens is 2. The van der Waals surface area contributed by atoms with Crippen LogP contribution in [0.25, 0.3) is 0 Å². The molecule has 1 aliphatic carbocycles. The third-order valence-corrected chi connectivity index (χ3v) is 6.00. The average molecular weight is 299 g/mol. The Labute approximate surface area is 119 Å². The van der Waals surface area contributed by atoms with E-state index in [4.69, 9.17) is 4.52 Å². The molecule has 2 heterocycles. The molecule has 1 unspecified atom stereocenters. The predicted octanol–water partition coefficient (Wildman–Crippen LogP) is 1.39. The van der Waals surface area contributed by atoms with Gasteiger partial charge >= 0.3 is 0 Å². The van der Waals surface area contributed by atoms with Gasteiger partial charge in [-0.1, -0.05) is 24.4 Å². The van der Waals surface area contributed by atoms with Gasteiger partial charge < -0.3 is 9.84 Å². The van der Waals surface area contributed by atoms with Gasteiger partial charge in [-0.05, 0) is 19.3 Å². The van der Waals surface area contributed by atoms with Crippen LogP contribution in [-0.4, -0.2) is 36.1 Å². The maximum atomic E-state index is 11.4. The van der Waals surface area contributed by atoms with Crippen molar-refractivity contribution in [1.82, 2.24) is 15.5 Å². The Balaban J connectivity index is 1.52. The predicted molar refractivity (Wildman–Crippen MR) is 74.0 cm³/mol. The fourth-order valence-electron chi connectivity index (χ4n) is 3.05. The van der Waals surface area contributed by atoms with Gasteiger partial charge in [0.1, 0.15) is 0 Å². The summed E-state index contributed by atoms with van der Waals surface area (Å²) in [5.41, 5.74) is 0. The van der Waals surface area contributed by atoms with Gasteiger partial charge in [-0.2, -0.15) is 4.98 Å². The van der Waals surface area contributed by atoms with Crippen LogP contribution < -0.4 is 5.32 Å². The van der Waals surface area contributed by atoms with Crippen LogP contribution in [-0.2, 0) is 16.4 Å². The molecule has 0 aromatic carbocycles. The first-order chi connectivity index (χ1) is 9.62. The van der Waals surface area contributed by atoms with Crippen molar-refractivity contribution < 1.29 is 12.9 Å². The van der Waals surface area contributed by atoms with Gasteiger partial charge in [0.15, 0.2) is 15.7 Å². The van der Waals surface area contributed by atoms with Gasteiger partial charge in [-0.15, -0.1) is 0 Å². The van der Waals surface area contributed by atoms with Crippen LogP contribution in [0.2, 0.25) is 0 Å². The van der Waals surface area contributed by atoms with Crippen molar-refractivity contribution >= 4 is 9.84 Å². The van der Waals surface area contributed by atoms with Gasteiger partial charge in [-0.25, -0.2) is 8.42 Å². The summed E-state index contributed by atoms with van der Waals surface area (Å²) in [6.07, 6.45) is 6.75. The minimum absolute atomic E-state index is 0.0185. The number of hydrogen-bond acceptors (Lipinski definition) is 6. The summed E-state index contributed by atoms with van der Waals surface area (Å²) in [4.78, 5) is 4.44.